The van der Waals surface area contributed by atoms with Gasteiger partial charge in [0.25, 0.3) is 0 Å². The topological polar surface area (TPSA) is 49.9 Å². The quantitative estimate of drug-likeness (QED) is 0.840. The van der Waals surface area contributed by atoms with E-state index >= 15 is 0 Å². The molecule has 0 aromatic heterocycles. The minimum absolute atomic E-state index is 0.0747. The molecular weight excluding hydrogens is 288 g/mol. The Morgan fingerprint density at radius 2 is 2.10 bits per heavy atom. The molecule has 0 spiro atoms. The van der Waals surface area contributed by atoms with Crippen molar-refractivity contribution in [1.82, 2.24) is 9.21 Å². The van der Waals surface area contributed by atoms with Crippen LogP contribution in [0.2, 0.25) is 0 Å². The number of benzene rings is 1. The summed E-state index contributed by atoms with van der Waals surface area (Å²) in [4.78, 5) is 2.53. The predicted octanol–water partition coefficient (Wildman–Crippen LogP) is 1.25. The van der Waals surface area contributed by atoms with E-state index in [1.54, 1.807) is 13.1 Å². The minimum Gasteiger partial charge on any atom is -0.374 e. The van der Waals surface area contributed by atoms with Gasteiger partial charge in [-0.25, -0.2) is 8.42 Å². The molecule has 1 saturated heterocycles. The summed E-state index contributed by atoms with van der Waals surface area (Å²) < 4.78 is 32.4. The van der Waals surface area contributed by atoms with Crippen LogP contribution >= 0.6 is 0 Å². The first kappa shape index (κ1) is 16.4. The molecule has 0 amide bonds. The lowest BCUT2D eigenvalue weighted by Crippen LogP contribution is -2.46. The number of ether oxygens (including phenoxy) is 1. The van der Waals surface area contributed by atoms with Crippen molar-refractivity contribution in [2.75, 3.05) is 40.3 Å². The van der Waals surface area contributed by atoms with Crippen LogP contribution < -0.4 is 0 Å². The molecule has 0 radical (unpaired) electrons. The summed E-state index contributed by atoms with van der Waals surface area (Å²) in [6, 6.07) is 5.41. The fourth-order valence-electron chi connectivity index (χ4n) is 2.62. The zero-order valence-electron chi connectivity index (χ0n) is 13.2. The largest absolute Gasteiger partial charge is 0.374 e. The summed E-state index contributed by atoms with van der Waals surface area (Å²) in [5, 5.41) is 0. The highest BCUT2D eigenvalue weighted by Crippen LogP contribution is 2.20. The van der Waals surface area contributed by atoms with Crippen molar-refractivity contribution in [1.29, 1.82) is 0 Å². The van der Waals surface area contributed by atoms with Crippen LogP contribution in [0.15, 0.2) is 23.1 Å². The average Bonchev–Trinajstić information content (AvgIpc) is 2.38. The number of hydrogen-bond donors (Lipinski definition) is 0. The molecule has 1 aromatic rings. The second-order valence-electron chi connectivity index (χ2n) is 5.81. The third kappa shape index (κ3) is 3.83. The second-order valence-corrected chi connectivity index (χ2v) is 7.82. The van der Waals surface area contributed by atoms with Crippen molar-refractivity contribution in [2.45, 2.75) is 24.8 Å². The lowest BCUT2D eigenvalue weighted by molar-refractivity contribution is -0.0247. The Morgan fingerprint density at radius 3 is 2.71 bits per heavy atom. The number of morpholine rings is 1. The van der Waals surface area contributed by atoms with Crippen LogP contribution in [-0.4, -0.2) is 64.1 Å². The van der Waals surface area contributed by atoms with Gasteiger partial charge in [-0.3, -0.25) is 0 Å². The molecular formula is C15H24N2O3S. The molecule has 6 heteroatoms. The third-order valence-corrected chi connectivity index (χ3v) is 5.80. The van der Waals surface area contributed by atoms with Gasteiger partial charge in [-0.2, -0.15) is 4.31 Å². The van der Waals surface area contributed by atoms with Gasteiger partial charge >= 0.3 is 0 Å². The molecule has 2 rings (SSSR count). The van der Waals surface area contributed by atoms with Crippen LogP contribution in [0, 0.1) is 13.8 Å². The Balaban J connectivity index is 2.14. The highest BCUT2D eigenvalue weighted by Gasteiger charge is 2.27. The molecule has 5 nitrogen and oxygen atoms in total. The second kappa shape index (κ2) is 6.44. The van der Waals surface area contributed by atoms with E-state index in [9.17, 15) is 8.42 Å². The van der Waals surface area contributed by atoms with E-state index in [0.29, 0.717) is 18.0 Å². The summed E-state index contributed by atoms with van der Waals surface area (Å²) in [6.07, 6.45) is -0.0747. The van der Waals surface area contributed by atoms with Gasteiger partial charge in [-0.1, -0.05) is 17.7 Å². The van der Waals surface area contributed by atoms with Crippen LogP contribution in [0.1, 0.15) is 11.1 Å². The summed E-state index contributed by atoms with van der Waals surface area (Å²) in [7, 11) is 0.171. The van der Waals surface area contributed by atoms with Gasteiger partial charge in [0.05, 0.1) is 17.6 Å². The van der Waals surface area contributed by atoms with Gasteiger partial charge in [0, 0.05) is 26.7 Å². The number of rotatable bonds is 4. The Kier molecular flexibility index (Phi) is 5.03. The van der Waals surface area contributed by atoms with Crippen LogP contribution in [0.5, 0.6) is 0 Å². The summed E-state index contributed by atoms with van der Waals surface area (Å²) in [5.41, 5.74) is 1.84. The number of nitrogens with zero attached hydrogens (tertiary/aromatic N) is 2. The first-order valence-corrected chi connectivity index (χ1v) is 8.58. The Hall–Kier alpha value is -0.950. The van der Waals surface area contributed by atoms with Crippen molar-refractivity contribution in [3.05, 3.63) is 29.3 Å². The molecule has 1 aromatic carbocycles. The van der Waals surface area contributed by atoms with Crippen LogP contribution in [0.3, 0.4) is 0 Å². The van der Waals surface area contributed by atoms with Gasteiger partial charge in [0.2, 0.25) is 10.0 Å². The first-order valence-electron chi connectivity index (χ1n) is 7.14. The summed E-state index contributed by atoms with van der Waals surface area (Å²) in [6.45, 7) is 6.47. The van der Waals surface area contributed by atoms with Crippen molar-refractivity contribution in [3.63, 3.8) is 0 Å². The van der Waals surface area contributed by atoms with Crippen LogP contribution in [0.25, 0.3) is 0 Å². The van der Waals surface area contributed by atoms with Crippen molar-refractivity contribution >= 4 is 10.0 Å². The van der Waals surface area contributed by atoms with Crippen LogP contribution in [-0.2, 0) is 14.8 Å². The van der Waals surface area contributed by atoms with E-state index in [-0.39, 0.29) is 6.10 Å². The first-order chi connectivity index (χ1) is 9.80. The molecule has 1 atom stereocenters. The standard InChI is InChI=1S/C15H24N2O3S/c1-12-5-6-15(13(2)9-12)21(18,19)17(4)11-14-10-16(3)7-8-20-14/h5-6,9,14H,7-8,10-11H2,1-4H3. The molecule has 118 valence electrons. The normalized spacial score (nSPS) is 20.9. The maximum Gasteiger partial charge on any atom is 0.243 e. The number of aryl methyl sites for hydroxylation is 2. The molecule has 1 fully saturated rings. The fourth-order valence-corrected chi connectivity index (χ4v) is 4.02. The smallest absolute Gasteiger partial charge is 0.243 e. The summed E-state index contributed by atoms with van der Waals surface area (Å²) >= 11 is 0. The van der Waals surface area contributed by atoms with E-state index in [4.69, 9.17) is 4.74 Å². The van der Waals surface area contributed by atoms with E-state index in [1.165, 1.54) is 4.31 Å². The maximum absolute atomic E-state index is 12.7. The fraction of sp³-hybridized carbons (Fsp3) is 0.600. The lowest BCUT2D eigenvalue weighted by atomic mass is 10.2. The van der Waals surface area contributed by atoms with Gasteiger partial charge in [0.15, 0.2) is 0 Å². The summed E-state index contributed by atoms with van der Waals surface area (Å²) in [5.74, 6) is 0. The molecule has 1 heterocycles. The van der Waals surface area contributed by atoms with Crippen LogP contribution in [0.4, 0.5) is 0 Å². The van der Waals surface area contributed by atoms with Gasteiger partial charge in [-0.15, -0.1) is 0 Å². The van der Waals surface area contributed by atoms with E-state index in [2.05, 4.69) is 4.90 Å². The van der Waals surface area contributed by atoms with Gasteiger partial charge in [0.1, 0.15) is 0 Å². The molecule has 0 bridgehead atoms. The highest BCUT2D eigenvalue weighted by atomic mass is 32.2. The lowest BCUT2D eigenvalue weighted by Gasteiger charge is -2.32. The Morgan fingerprint density at radius 1 is 1.38 bits per heavy atom. The Labute approximate surface area is 127 Å². The third-order valence-electron chi connectivity index (χ3n) is 3.82. The molecule has 21 heavy (non-hydrogen) atoms. The van der Waals surface area contributed by atoms with Gasteiger partial charge in [-0.05, 0) is 32.5 Å². The van der Waals surface area contributed by atoms with Crippen molar-refractivity contribution in [2.24, 2.45) is 0 Å². The predicted molar refractivity (Wildman–Crippen MR) is 83.0 cm³/mol. The van der Waals surface area contributed by atoms with E-state index in [1.807, 2.05) is 33.0 Å². The zero-order chi connectivity index (χ0) is 15.6. The zero-order valence-corrected chi connectivity index (χ0v) is 14.0. The number of hydrogen-bond acceptors (Lipinski definition) is 4. The van der Waals surface area contributed by atoms with E-state index in [0.717, 1.165) is 24.2 Å². The highest BCUT2D eigenvalue weighted by molar-refractivity contribution is 7.89. The molecule has 0 saturated carbocycles. The number of sulfonamides is 1. The monoisotopic (exact) mass is 312 g/mol. The van der Waals surface area contributed by atoms with E-state index < -0.39 is 10.0 Å². The SMILES string of the molecule is Cc1ccc(S(=O)(=O)N(C)CC2CN(C)CCO2)c(C)c1. The molecule has 1 aliphatic heterocycles. The molecule has 1 unspecified atom stereocenters. The molecule has 0 aliphatic carbocycles. The maximum atomic E-state index is 12.7. The Bertz CT molecular complexity index is 601. The number of likely N-dealkylation sites (N-methyl/N-ethyl adjacent to an activating group) is 2. The molecule has 1 aliphatic rings. The van der Waals surface area contributed by atoms with Crippen molar-refractivity contribution in [3.8, 4) is 0 Å². The molecule has 0 N–H and O–H groups in total. The van der Waals surface area contributed by atoms with Gasteiger partial charge < -0.3 is 9.64 Å². The average molecular weight is 312 g/mol. The van der Waals surface area contributed by atoms with Crippen molar-refractivity contribution < 1.29 is 13.2 Å². The minimum atomic E-state index is -3.47.